The minimum Gasteiger partial charge on any atom is -0.359 e. The van der Waals surface area contributed by atoms with Crippen LogP contribution in [0.4, 0.5) is 0 Å². The van der Waals surface area contributed by atoms with Crippen molar-refractivity contribution >= 4 is 22.8 Å². The van der Waals surface area contributed by atoms with Crippen LogP contribution in [0.15, 0.2) is 4.99 Å². The van der Waals surface area contributed by atoms with Gasteiger partial charge in [-0.2, -0.15) is 0 Å². The van der Waals surface area contributed by atoms with Gasteiger partial charge in [0.15, 0.2) is 5.17 Å². The van der Waals surface area contributed by atoms with E-state index in [1.54, 1.807) is 4.90 Å². The first kappa shape index (κ1) is 13.3. The summed E-state index contributed by atoms with van der Waals surface area (Å²) in [7, 11) is 1.86. The van der Waals surface area contributed by atoms with Gasteiger partial charge in [-0.1, -0.05) is 31.5 Å². The van der Waals surface area contributed by atoms with Crippen LogP contribution in [0.3, 0.4) is 0 Å². The number of likely N-dealkylation sites (N-methyl/N-ethyl adjacent to an activating group) is 1. The lowest BCUT2D eigenvalue weighted by Crippen LogP contribution is -2.47. The van der Waals surface area contributed by atoms with E-state index in [0.717, 1.165) is 29.8 Å². The van der Waals surface area contributed by atoms with Crippen molar-refractivity contribution in [3.05, 3.63) is 0 Å². The summed E-state index contributed by atoms with van der Waals surface area (Å²) < 4.78 is 0. The molecule has 1 spiro atoms. The highest BCUT2D eigenvalue weighted by Crippen LogP contribution is 2.39. The van der Waals surface area contributed by atoms with Crippen molar-refractivity contribution in [2.75, 3.05) is 19.3 Å². The molecule has 2 saturated heterocycles. The molecule has 0 aromatic rings. The van der Waals surface area contributed by atoms with Gasteiger partial charge in [-0.3, -0.25) is 4.79 Å². The highest BCUT2D eigenvalue weighted by molar-refractivity contribution is 8.14. The zero-order chi connectivity index (χ0) is 13.5. The number of rotatable bonds is 1. The van der Waals surface area contributed by atoms with Crippen LogP contribution in [0.1, 0.15) is 39.0 Å². The van der Waals surface area contributed by atoms with Crippen molar-refractivity contribution in [3.63, 3.8) is 0 Å². The van der Waals surface area contributed by atoms with E-state index in [0.29, 0.717) is 0 Å². The minimum absolute atomic E-state index is 0.142. The Kier molecular flexibility index (Phi) is 3.50. The topological polar surface area (TPSA) is 44.7 Å². The maximum Gasteiger partial charge on any atom is 0.247 e. The first-order valence-electron chi connectivity index (χ1n) is 7.32. The molecule has 0 aromatic heterocycles. The van der Waals surface area contributed by atoms with Crippen LogP contribution in [0.5, 0.6) is 0 Å². The van der Waals surface area contributed by atoms with E-state index in [9.17, 15) is 4.79 Å². The second-order valence-electron chi connectivity index (χ2n) is 6.39. The Morgan fingerprint density at radius 3 is 3.00 bits per heavy atom. The number of nitrogens with one attached hydrogen (secondary N) is 1. The van der Waals surface area contributed by atoms with Gasteiger partial charge < -0.3 is 10.2 Å². The predicted molar refractivity (Wildman–Crippen MR) is 79.4 cm³/mol. The summed E-state index contributed by atoms with van der Waals surface area (Å²) >= 11 is 1.81. The maximum absolute atomic E-state index is 11.9. The average molecular weight is 281 g/mol. The summed E-state index contributed by atoms with van der Waals surface area (Å²) in [6, 6.07) is -0.142. The molecule has 2 heterocycles. The number of likely N-dealkylation sites (tertiary alicyclic amines) is 1. The van der Waals surface area contributed by atoms with Crippen LogP contribution in [0.25, 0.3) is 0 Å². The fourth-order valence-corrected chi connectivity index (χ4v) is 4.78. The Morgan fingerprint density at radius 2 is 2.32 bits per heavy atom. The largest absolute Gasteiger partial charge is 0.359 e. The lowest BCUT2D eigenvalue weighted by Gasteiger charge is -2.36. The average Bonchev–Trinajstić information content (AvgIpc) is 2.88. The molecule has 1 N–H and O–H groups in total. The summed E-state index contributed by atoms with van der Waals surface area (Å²) in [5.74, 6) is 2.10. The van der Waals surface area contributed by atoms with Crippen molar-refractivity contribution in [2.45, 2.75) is 50.6 Å². The number of carbonyl (C=O) groups excluding carboxylic acids is 1. The summed E-state index contributed by atoms with van der Waals surface area (Å²) in [5.41, 5.74) is 0.259. The van der Waals surface area contributed by atoms with Gasteiger partial charge >= 0.3 is 0 Å². The summed E-state index contributed by atoms with van der Waals surface area (Å²) in [6.45, 7) is 3.19. The van der Waals surface area contributed by atoms with Gasteiger partial charge in [-0.05, 0) is 25.2 Å². The lowest BCUT2D eigenvalue weighted by molar-refractivity contribution is -0.127. The fourth-order valence-electron chi connectivity index (χ4n) is 3.55. The van der Waals surface area contributed by atoms with E-state index in [2.05, 4.69) is 17.2 Å². The third-order valence-electron chi connectivity index (χ3n) is 4.62. The standard InChI is InChI=1S/C14H23N3OS/c1-10-4-3-6-14(8-10)9-19-13(16-14)15-11-5-7-17(2)12(11)18/h10-11H,3-9H2,1-2H3,(H,15,16). The molecule has 106 valence electrons. The maximum atomic E-state index is 11.9. The molecule has 0 radical (unpaired) electrons. The molecular weight excluding hydrogens is 258 g/mol. The van der Waals surface area contributed by atoms with Crippen molar-refractivity contribution in [1.82, 2.24) is 10.2 Å². The van der Waals surface area contributed by atoms with Gasteiger partial charge in [0.2, 0.25) is 5.91 Å². The number of amidine groups is 1. The Hall–Kier alpha value is -0.710. The first-order valence-corrected chi connectivity index (χ1v) is 8.30. The van der Waals surface area contributed by atoms with Crippen LogP contribution in [0.2, 0.25) is 0 Å². The Bertz CT molecular complexity index is 411. The number of hydrogen-bond acceptors (Lipinski definition) is 3. The van der Waals surface area contributed by atoms with Gasteiger partial charge in [0, 0.05) is 24.9 Å². The number of nitrogens with zero attached hydrogens (tertiary/aromatic N) is 2. The molecule has 1 amide bonds. The molecule has 0 bridgehead atoms. The van der Waals surface area contributed by atoms with Crippen molar-refractivity contribution in [3.8, 4) is 0 Å². The molecular formula is C14H23N3OS. The van der Waals surface area contributed by atoms with E-state index in [-0.39, 0.29) is 17.5 Å². The summed E-state index contributed by atoms with van der Waals surface area (Å²) in [4.78, 5) is 18.3. The van der Waals surface area contributed by atoms with Crippen LogP contribution < -0.4 is 5.32 Å². The number of amides is 1. The number of thioether (sulfide) groups is 1. The van der Waals surface area contributed by atoms with Crippen molar-refractivity contribution < 1.29 is 4.79 Å². The first-order chi connectivity index (χ1) is 9.08. The third-order valence-corrected chi connectivity index (χ3v) is 5.80. The van der Waals surface area contributed by atoms with E-state index in [1.165, 1.54) is 25.7 Å². The quantitative estimate of drug-likeness (QED) is 0.798. The zero-order valence-electron chi connectivity index (χ0n) is 11.8. The van der Waals surface area contributed by atoms with E-state index >= 15 is 0 Å². The van der Waals surface area contributed by atoms with Gasteiger partial charge in [0.1, 0.15) is 6.04 Å². The van der Waals surface area contributed by atoms with Crippen LogP contribution in [0, 0.1) is 5.92 Å². The Morgan fingerprint density at radius 1 is 1.47 bits per heavy atom. The van der Waals surface area contributed by atoms with Gasteiger partial charge in [0.05, 0.1) is 0 Å². The molecule has 3 aliphatic rings. The van der Waals surface area contributed by atoms with Crippen LogP contribution >= 0.6 is 11.8 Å². The van der Waals surface area contributed by atoms with Gasteiger partial charge in [0.25, 0.3) is 0 Å². The van der Waals surface area contributed by atoms with Gasteiger partial charge in [-0.15, -0.1) is 0 Å². The zero-order valence-corrected chi connectivity index (χ0v) is 12.6. The Balaban J connectivity index is 1.67. The number of aliphatic imine (C=N–C) groups is 1. The SMILES string of the molecule is CC1CCCC2(CSC(=NC3CCN(C)C3=O)N2)C1. The molecule has 1 aliphatic carbocycles. The van der Waals surface area contributed by atoms with Gasteiger partial charge in [-0.25, -0.2) is 4.99 Å². The second kappa shape index (κ2) is 5.00. The van der Waals surface area contributed by atoms with E-state index in [1.807, 2.05) is 18.8 Å². The molecule has 1 saturated carbocycles. The highest BCUT2D eigenvalue weighted by atomic mass is 32.2. The normalized spacial score (nSPS) is 41.3. The lowest BCUT2D eigenvalue weighted by atomic mass is 9.78. The highest BCUT2D eigenvalue weighted by Gasteiger charge is 2.41. The predicted octanol–water partition coefficient (Wildman–Crippen LogP) is 1.86. The smallest absolute Gasteiger partial charge is 0.247 e. The molecule has 3 atom stereocenters. The summed E-state index contributed by atoms with van der Waals surface area (Å²) in [6.07, 6.45) is 6.03. The number of hydrogen-bond donors (Lipinski definition) is 1. The number of carbonyl (C=O) groups is 1. The molecule has 0 aromatic carbocycles. The molecule has 3 rings (SSSR count). The minimum atomic E-state index is -0.142. The molecule has 3 unspecified atom stereocenters. The van der Waals surface area contributed by atoms with Crippen LogP contribution in [-0.2, 0) is 4.79 Å². The third kappa shape index (κ3) is 2.62. The monoisotopic (exact) mass is 281 g/mol. The molecule has 5 heteroatoms. The molecule has 3 fully saturated rings. The molecule has 19 heavy (non-hydrogen) atoms. The van der Waals surface area contributed by atoms with Crippen molar-refractivity contribution in [1.29, 1.82) is 0 Å². The second-order valence-corrected chi connectivity index (χ2v) is 7.36. The summed E-state index contributed by atoms with van der Waals surface area (Å²) in [5, 5.41) is 4.64. The van der Waals surface area contributed by atoms with E-state index < -0.39 is 0 Å². The molecule has 2 aliphatic heterocycles. The molecule has 4 nitrogen and oxygen atoms in total. The Labute approximate surface area is 119 Å². The fraction of sp³-hybridized carbons (Fsp3) is 0.857. The van der Waals surface area contributed by atoms with Crippen molar-refractivity contribution in [2.24, 2.45) is 10.9 Å². The van der Waals surface area contributed by atoms with Crippen LogP contribution in [-0.4, -0.2) is 46.9 Å². The van der Waals surface area contributed by atoms with E-state index in [4.69, 9.17) is 0 Å².